The fourth-order valence-electron chi connectivity index (χ4n) is 4.28. The van der Waals surface area contributed by atoms with Crippen molar-refractivity contribution in [3.05, 3.63) is 78.4 Å². The van der Waals surface area contributed by atoms with E-state index in [0.29, 0.717) is 40.7 Å². The van der Waals surface area contributed by atoms with Crippen molar-refractivity contribution in [3.8, 4) is 11.5 Å². The van der Waals surface area contributed by atoms with E-state index in [1.54, 1.807) is 30.0 Å². The molecule has 0 radical (unpaired) electrons. The van der Waals surface area contributed by atoms with Crippen molar-refractivity contribution in [2.75, 3.05) is 25.7 Å². The number of hydrogen-bond donors (Lipinski definition) is 1. The Morgan fingerprint density at radius 1 is 0.947 bits per heavy atom. The molecule has 1 aromatic heterocycles. The summed E-state index contributed by atoms with van der Waals surface area (Å²) in [6.07, 6.45) is 0.822. The summed E-state index contributed by atoms with van der Waals surface area (Å²) in [5.41, 5.74) is 2.58. The van der Waals surface area contributed by atoms with Gasteiger partial charge in [0.2, 0.25) is 11.8 Å². The maximum atomic E-state index is 14.1. The minimum atomic E-state index is -0.927. The van der Waals surface area contributed by atoms with Gasteiger partial charge in [0.1, 0.15) is 18.1 Å². The molecule has 0 fully saturated rings. The number of para-hydroxylation sites is 1. The third kappa shape index (κ3) is 5.94. The molecule has 2 amide bonds. The quantitative estimate of drug-likeness (QED) is 0.318. The number of anilines is 1. The number of amides is 2. The van der Waals surface area contributed by atoms with Crippen molar-refractivity contribution in [1.82, 2.24) is 20.3 Å². The number of rotatable bonds is 11. The van der Waals surface area contributed by atoms with Crippen LogP contribution < -0.4 is 19.7 Å². The van der Waals surface area contributed by atoms with Gasteiger partial charge in [-0.25, -0.2) is 4.68 Å². The smallest absolute Gasteiger partial charge is 0.249 e. The van der Waals surface area contributed by atoms with Gasteiger partial charge in [0, 0.05) is 18.3 Å². The number of methoxy groups -OCH3 is 2. The molecule has 38 heavy (non-hydrogen) atoms. The highest BCUT2D eigenvalue weighted by atomic mass is 16.5. The molecule has 9 heteroatoms. The summed E-state index contributed by atoms with van der Waals surface area (Å²) in [4.78, 5) is 29.3. The molecule has 4 rings (SSSR count). The number of nitrogens with one attached hydrogen (secondary N) is 1. The number of carbonyl (C=O) groups is 2. The van der Waals surface area contributed by atoms with Gasteiger partial charge < -0.3 is 14.8 Å². The van der Waals surface area contributed by atoms with Crippen LogP contribution >= 0.6 is 0 Å². The lowest BCUT2D eigenvalue weighted by molar-refractivity contribution is -0.127. The monoisotopic (exact) mass is 515 g/mol. The second kappa shape index (κ2) is 12.2. The largest absolute Gasteiger partial charge is 0.493 e. The summed E-state index contributed by atoms with van der Waals surface area (Å²) < 4.78 is 12.5. The molecule has 0 aliphatic carbocycles. The molecule has 0 saturated carbocycles. The van der Waals surface area contributed by atoms with E-state index in [2.05, 4.69) is 29.5 Å². The molecule has 198 valence electrons. The van der Waals surface area contributed by atoms with Gasteiger partial charge in [-0.05, 0) is 42.2 Å². The molecule has 4 aromatic rings. The zero-order valence-electron chi connectivity index (χ0n) is 22.1. The van der Waals surface area contributed by atoms with Gasteiger partial charge in [-0.2, -0.15) is 0 Å². The lowest BCUT2D eigenvalue weighted by Crippen LogP contribution is -2.45. The van der Waals surface area contributed by atoms with Gasteiger partial charge in [-0.15, -0.1) is 5.10 Å². The van der Waals surface area contributed by atoms with E-state index in [1.165, 1.54) is 12.0 Å². The Morgan fingerprint density at radius 3 is 2.37 bits per heavy atom. The van der Waals surface area contributed by atoms with Crippen molar-refractivity contribution >= 4 is 28.5 Å². The Morgan fingerprint density at radius 2 is 1.66 bits per heavy atom. The van der Waals surface area contributed by atoms with E-state index >= 15 is 0 Å². The molecule has 0 bridgehead atoms. The summed E-state index contributed by atoms with van der Waals surface area (Å²) in [5, 5.41) is 11.4. The van der Waals surface area contributed by atoms with E-state index in [4.69, 9.17) is 9.47 Å². The van der Waals surface area contributed by atoms with Gasteiger partial charge >= 0.3 is 0 Å². The molecule has 9 nitrogen and oxygen atoms in total. The molecule has 1 heterocycles. The first-order chi connectivity index (χ1) is 18.4. The fraction of sp³-hybridized carbons (Fsp3) is 0.310. The predicted molar refractivity (Wildman–Crippen MR) is 146 cm³/mol. The third-order valence-electron chi connectivity index (χ3n) is 6.26. The fourth-order valence-corrected chi connectivity index (χ4v) is 4.28. The van der Waals surface area contributed by atoms with Crippen LogP contribution in [0.4, 0.5) is 5.69 Å². The third-order valence-corrected chi connectivity index (χ3v) is 6.26. The summed E-state index contributed by atoms with van der Waals surface area (Å²) in [7, 11) is 3.08. The second-order valence-electron chi connectivity index (χ2n) is 9.33. The first-order valence-electron chi connectivity index (χ1n) is 12.6. The first kappa shape index (κ1) is 26.7. The van der Waals surface area contributed by atoms with E-state index in [0.717, 1.165) is 11.9 Å². The number of ether oxygens (including phenoxy) is 2. The van der Waals surface area contributed by atoms with E-state index < -0.39 is 6.04 Å². The molecule has 1 unspecified atom stereocenters. The topological polar surface area (TPSA) is 98.6 Å². The van der Waals surface area contributed by atoms with Crippen LogP contribution in [0.1, 0.15) is 31.9 Å². The Hall–Kier alpha value is -4.40. The zero-order valence-corrected chi connectivity index (χ0v) is 22.1. The maximum Gasteiger partial charge on any atom is 0.249 e. The number of nitrogens with zero attached hydrogens (tertiary/aromatic N) is 4. The van der Waals surface area contributed by atoms with Gasteiger partial charge in [0.25, 0.3) is 0 Å². The molecule has 0 aliphatic rings. The Bertz CT molecular complexity index is 1390. The van der Waals surface area contributed by atoms with Crippen LogP contribution in [-0.4, -0.2) is 47.6 Å². The first-order valence-corrected chi connectivity index (χ1v) is 12.6. The highest BCUT2D eigenvalue weighted by Gasteiger charge is 2.33. The van der Waals surface area contributed by atoms with Crippen LogP contribution in [0.3, 0.4) is 0 Å². The normalized spacial score (nSPS) is 11.8. The number of benzene rings is 3. The van der Waals surface area contributed by atoms with Crippen molar-refractivity contribution in [3.63, 3.8) is 0 Å². The number of carbonyl (C=O) groups excluding carboxylic acids is 2. The average Bonchev–Trinajstić information content (AvgIpc) is 3.34. The SMILES string of the molecule is COc1ccc(N(C(=O)Cn2nnc3ccccc32)C(C(=O)NCCC(C)C)c2ccccc2)cc1OC. The number of hydrogen-bond acceptors (Lipinski definition) is 6. The Kier molecular flexibility index (Phi) is 8.58. The standard InChI is InChI=1S/C29H33N5O4/c1-20(2)16-17-30-29(36)28(21-10-6-5-7-11-21)34(22-14-15-25(37-3)26(18-22)38-4)27(35)19-33-24-13-9-8-12-23(24)31-32-33/h5-15,18,20,28H,16-17,19H2,1-4H3,(H,30,36). The summed E-state index contributed by atoms with van der Waals surface area (Å²) in [5.74, 6) is 0.781. The van der Waals surface area contributed by atoms with Gasteiger partial charge in [0.15, 0.2) is 11.5 Å². The van der Waals surface area contributed by atoms with Gasteiger partial charge in [0.05, 0.1) is 19.7 Å². The lowest BCUT2D eigenvalue weighted by Gasteiger charge is -2.32. The molecule has 0 saturated heterocycles. The van der Waals surface area contributed by atoms with Gasteiger partial charge in [-0.1, -0.05) is 61.5 Å². The van der Waals surface area contributed by atoms with Crippen molar-refractivity contribution in [1.29, 1.82) is 0 Å². The van der Waals surface area contributed by atoms with E-state index in [-0.39, 0.29) is 18.4 Å². The number of aromatic nitrogens is 3. The highest BCUT2D eigenvalue weighted by molar-refractivity contribution is 6.01. The van der Waals surface area contributed by atoms with E-state index in [9.17, 15) is 9.59 Å². The predicted octanol–water partition coefficient (Wildman–Crippen LogP) is 4.39. The minimum absolute atomic E-state index is 0.114. The van der Waals surface area contributed by atoms with Crippen LogP contribution in [0.15, 0.2) is 72.8 Å². The Balaban J connectivity index is 1.79. The minimum Gasteiger partial charge on any atom is -0.493 e. The summed E-state index contributed by atoms with van der Waals surface area (Å²) in [6.45, 7) is 4.59. The molecular weight excluding hydrogens is 482 g/mol. The molecule has 0 spiro atoms. The average molecular weight is 516 g/mol. The van der Waals surface area contributed by atoms with Crippen LogP contribution in [0, 0.1) is 5.92 Å². The summed E-state index contributed by atoms with van der Waals surface area (Å²) in [6, 6.07) is 20.9. The summed E-state index contributed by atoms with van der Waals surface area (Å²) >= 11 is 0. The zero-order chi connectivity index (χ0) is 27.1. The molecule has 3 aromatic carbocycles. The highest BCUT2D eigenvalue weighted by Crippen LogP contribution is 2.35. The molecule has 1 N–H and O–H groups in total. The van der Waals surface area contributed by atoms with Crippen molar-refractivity contribution in [2.45, 2.75) is 32.9 Å². The van der Waals surface area contributed by atoms with Crippen molar-refractivity contribution in [2.24, 2.45) is 5.92 Å². The van der Waals surface area contributed by atoms with Crippen LogP contribution in [0.5, 0.6) is 11.5 Å². The lowest BCUT2D eigenvalue weighted by atomic mass is 10.0. The molecule has 0 aliphatic heterocycles. The van der Waals surface area contributed by atoms with Crippen molar-refractivity contribution < 1.29 is 19.1 Å². The van der Waals surface area contributed by atoms with Gasteiger partial charge in [-0.3, -0.25) is 14.5 Å². The molecule has 1 atom stereocenters. The van der Waals surface area contributed by atoms with Crippen LogP contribution in [0.25, 0.3) is 11.0 Å². The van der Waals surface area contributed by atoms with Crippen LogP contribution in [0.2, 0.25) is 0 Å². The number of fused-ring (bicyclic) bond motifs is 1. The Labute approximate surface area is 222 Å². The van der Waals surface area contributed by atoms with Crippen LogP contribution in [-0.2, 0) is 16.1 Å². The maximum absolute atomic E-state index is 14.1. The molecular formula is C29H33N5O4. The second-order valence-corrected chi connectivity index (χ2v) is 9.33. The van der Waals surface area contributed by atoms with E-state index in [1.807, 2.05) is 54.6 Å².